The number of hydrogen-bond acceptors (Lipinski definition) is 2. The zero-order valence-electron chi connectivity index (χ0n) is 11.3. The normalized spacial score (nSPS) is 10.6. The molecule has 0 radical (unpaired) electrons. The molecule has 3 aromatic rings. The van der Waals surface area contributed by atoms with Crippen LogP contribution in [0, 0.1) is 12.7 Å². The van der Waals surface area contributed by atoms with Crippen molar-refractivity contribution in [3.05, 3.63) is 60.3 Å². The van der Waals surface area contributed by atoms with E-state index >= 15 is 0 Å². The maximum Gasteiger partial charge on any atom is 0.323 e. The van der Waals surface area contributed by atoms with Crippen LogP contribution in [0.1, 0.15) is 5.69 Å². The number of rotatable bonds is 2. The van der Waals surface area contributed by atoms with Gasteiger partial charge in [-0.05, 0) is 37.3 Å². The third kappa shape index (κ3) is 3.00. The molecule has 0 aliphatic heterocycles. The molecule has 5 nitrogen and oxygen atoms in total. The number of imidazole rings is 1. The first kappa shape index (κ1) is 13.1. The van der Waals surface area contributed by atoms with Crippen molar-refractivity contribution in [1.29, 1.82) is 0 Å². The lowest BCUT2D eigenvalue weighted by atomic mass is 10.3. The molecule has 2 heterocycles. The second-order valence-corrected chi connectivity index (χ2v) is 4.65. The fourth-order valence-electron chi connectivity index (χ4n) is 2.05. The Morgan fingerprint density at radius 3 is 2.76 bits per heavy atom. The van der Waals surface area contributed by atoms with E-state index in [1.807, 2.05) is 23.6 Å². The van der Waals surface area contributed by atoms with Gasteiger partial charge in [-0.25, -0.2) is 14.2 Å². The molecule has 0 unspecified atom stereocenters. The first-order valence-corrected chi connectivity index (χ1v) is 6.39. The first-order chi connectivity index (χ1) is 10.1. The lowest BCUT2D eigenvalue weighted by Gasteiger charge is -2.08. The summed E-state index contributed by atoms with van der Waals surface area (Å²) in [6, 6.07) is 8.85. The molecular formula is C15H13FN4O. The minimum absolute atomic E-state index is 0.395. The summed E-state index contributed by atoms with van der Waals surface area (Å²) < 4.78 is 14.9. The molecule has 0 atom stereocenters. The Morgan fingerprint density at radius 2 is 1.95 bits per heavy atom. The van der Waals surface area contributed by atoms with E-state index in [-0.39, 0.29) is 0 Å². The van der Waals surface area contributed by atoms with E-state index in [4.69, 9.17) is 0 Å². The number of hydrogen-bond donors (Lipinski definition) is 2. The predicted molar refractivity (Wildman–Crippen MR) is 79.0 cm³/mol. The standard InChI is InChI=1S/C15H13FN4O/c1-10-8-20-9-13(5-6-14(20)17-10)19-15(21)18-12-4-2-3-11(16)7-12/h2-9H,1H3,(H2,18,19,21). The van der Waals surface area contributed by atoms with Crippen LogP contribution in [-0.4, -0.2) is 15.4 Å². The van der Waals surface area contributed by atoms with Gasteiger partial charge in [0.2, 0.25) is 0 Å². The SMILES string of the molecule is Cc1cn2cc(NC(=O)Nc3cccc(F)c3)ccc2n1. The number of aromatic nitrogens is 2. The Kier molecular flexibility index (Phi) is 3.27. The molecule has 0 aliphatic carbocycles. The van der Waals surface area contributed by atoms with Crippen molar-refractivity contribution in [3.63, 3.8) is 0 Å². The zero-order valence-corrected chi connectivity index (χ0v) is 11.3. The monoisotopic (exact) mass is 284 g/mol. The van der Waals surface area contributed by atoms with Crippen molar-refractivity contribution in [2.45, 2.75) is 6.92 Å². The third-order valence-corrected chi connectivity index (χ3v) is 2.91. The van der Waals surface area contributed by atoms with Crippen LogP contribution in [0.15, 0.2) is 48.8 Å². The van der Waals surface area contributed by atoms with Crippen molar-refractivity contribution < 1.29 is 9.18 Å². The maximum atomic E-state index is 13.0. The molecule has 0 spiro atoms. The molecule has 0 fully saturated rings. The highest BCUT2D eigenvalue weighted by molar-refractivity contribution is 5.99. The number of nitrogens with one attached hydrogen (secondary N) is 2. The van der Waals surface area contributed by atoms with Crippen molar-refractivity contribution in [3.8, 4) is 0 Å². The topological polar surface area (TPSA) is 58.4 Å². The highest BCUT2D eigenvalue weighted by Gasteiger charge is 2.05. The second-order valence-electron chi connectivity index (χ2n) is 4.65. The van der Waals surface area contributed by atoms with E-state index in [0.29, 0.717) is 11.4 Å². The number of aryl methyl sites for hydroxylation is 1. The van der Waals surface area contributed by atoms with Gasteiger partial charge in [0.15, 0.2) is 0 Å². The molecule has 21 heavy (non-hydrogen) atoms. The average molecular weight is 284 g/mol. The predicted octanol–water partition coefficient (Wildman–Crippen LogP) is 3.43. The van der Waals surface area contributed by atoms with Gasteiger partial charge >= 0.3 is 6.03 Å². The van der Waals surface area contributed by atoms with Crippen LogP contribution in [0.4, 0.5) is 20.6 Å². The summed E-state index contributed by atoms with van der Waals surface area (Å²) >= 11 is 0. The Hall–Kier alpha value is -2.89. The van der Waals surface area contributed by atoms with Crippen LogP contribution >= 0.6 is 0 Å². The number of pyridine rings is 1. The van der Waals surface area contributed by atoms with E-state index in [2.05, 4.69) is 15.6 Å². The van der Waals surface area contributed by atoms with Gasteiger partial charge < -0.3 is 15.0 Å². The van der Waals surface area contributed by atoms with E-state index in [9.17, 15) is 9.18 Å². The van der Waals surface area contributed by atoms with Crippen LogP contribution in [-0.2, 0) is 0 Å². The van der Waals surface area contributed by atoms with Gasteiger partial charge in [0.25, 0.3) is 0 Å². The zero-order chi connectivity index (χ0) is 14.8. The molecule has 0 saturated heterocycles. The maximum absolute atomic E-state index is 13.0. The number of urea groups is 1. The molecule has 1 aromatic carbocycles. The van der Waals surface area contributed by atoms with Crippen LogP contribution in [0.3, 0.4) is 0 Å². The Morgan fingerprint density at radius 1 is 1.14 bits per heavy atom. The van der Waals surface area contributed by atoms with Crippen molar-refractivity contribution >= 4 is 23.1 Å². The summed E-state index contributed by atoms with van der Waals surface area (Å²) in [4.78, 5) is 16.2. The average Bonchev–Trinajstić information content (AvgIpc) is 2.78. The Bertz CT molecular complexity index is 812. The number of halogens is 1. The third-order valence-electron chi connectivity index (χ3n) is 2.91. The van der Waals surface area contributed by atoms with Gasteiger partial charge in [-0.3, -0.25) is 0 Å². The summed E-state index contributed by atoms with van der Waals surface area (Å²) in [6.07, 6.45) is 3.63. The fraction of sp³-hybridized carbons (Fsp3) is 0.0667. The molecule has 3 rings (SSSR count). The minimum Gasteiger partial charge on any atom is -0.308 e. The fourth-order valence-corrected chi connectivity index (χ4v) is 2.05. The summed E-state index contributed by atoms with van der Waals surface area (Å²) in [5.74, 6) is -0.400. The number of nitrogens with zero attached hydrogens (tertiary/aromatic N) is 2. The number of amides is 2. The van der Waals surface area contributed by atoms with E-state index in [0.717, 1.165) is 11.3 Å². The highest BCUT2D eigenvalue weighted by Crippen LogP contribution is 2.13. The summed E-state index contributed by atoms with van der Waals surface area (Å²) in [5, 5.41) is 5.26. The summed E-state index contributed by atoms with van der Waals surface area (Å²) in [7, 11) is 0. The van der Waals surface area contributed by atoms with Crippen molar-refractivity contribution in [2.24, 2.45) is 0 Å². The molecule has 0 saturated carbocycles. The highest BCUT2D eigenvalue weighted by atomic mass is 19.1. The van der Waals surface area contributed by atoms with E-state index in [1.165, 1.54) is 18.2 Å². The van der Waals surface area contributed by atoms with Gasteiger partial charge in [-0.2, -0.15) is 0 Å². The first-order valence-electron chi connectivity index (χ1n) is 6.39. The van der Waals surface area contributed by atoms with Gasteiger partial charge in [0.05, 0.1) is 11.4 Å². The van der Waals surface area contributed by atoms with Crippen LogP contribution in [0.5, 0.6) is 0 Å². The minimum atomic E-state index is -0.434. The molecule has 2 aromatic heterocycles. The van der Waals surface area contributed by atoms with Gasteiger partial charge in [0, 0.05) is 18.1 Å². The quantitative estimate of drug-likeness (QED) is 0.757. The molecule has 6 heteroatoms. The Labute approximate surface area is 120 Å². The van der Waals surface area contributed by atoms with Gasteiger partial charge in [0.1, 0.15) is 11.5 Å². The van der Waals surface area contributed by atoms with Gasteiger partial charge in [-0.1, -0.05) is 6.07 Å². The number of carbonyl (C=O) groups excluding carboxylic acids is 1. The van der Waals surface area contributed by atoms with Crippen molar-refractivity contribution in [1.82, 2.24) is 9.38 Å². The van der Waals surface area contributed by atoms with Crippen molar-refractivity contribution in [2.75, 3.05) is 10.6 Å². The number of anilines is 2. The molecule has 0 bridgehead atoms. The molecule has 0 aliphatic rings. The van der Waals surface area contributed by atoms with Crippen LogP contribution in [0.25, 0.3) is 5.65 Å². The molecule has 106 valence electrons. The van der Waals surface area contributed by atoms with E-state index in [1.54, 1.807) is 18.3 Å². The van der Waals surface area contributed by atoms with Crippen LogP contribution < -0.4 is 10.6 Å². The lowest BCUT2D eigenvalue weighted by molar-refractivity contribution is 0.262. The number of fused-ring (bicyclic) bond motifs is 1. The van der Waals surface area contributed by atoms with E-state index < -0.39 is 11.8 Å². The largest absolute Gasteiger partial charge is 0.323 e. The molecular weight excluding hydrogens is 271 g/mol. The lowest BCUT2D eigenvalue weighted by Crippen LogP contribution is -2.19. The number of benzene rings is 1. The second kappa shape index (κ2) is 5.24. The summed E-state index contributed by atoms with van der Waals surface area (Å²) in [6.45, 7) is 1.90. The molecule has 2 amide bonds. The van der Waals surface area contributed by atoms with Crippen LogP contribution in [0.2, 0.25) is 0 Å². The molecule has 2 N–H and O–H groups in total. The number of carbonyl (C=O) groups is 1. The smallest absolute Gasteiger partial charge is 0.308 e. The summed E-state index contributed by atoms with van der Waals surface area (Å²) in [5.41, 5.74) is 2.72. The Balaban J connectivity index is 1.73. The van der Waals surface area contributed by atoms with Gasteiger partial charge in [-0.15, -0.1) is 0 Å².